The second-order valence-electron chi connectivity index (χ2n) is 12.4. The molecule has 1 aromatic carbocycles. The number of esters is 2. The van der Waals surface area contributed by atoms with Crippen LogP contribution in [0.2, 0.25) is 0 Å². The molecule has 4 aliphatic carbocycles. The number of hydrogen-bond donors (Lipinski definition) is 0. The maximum absolute atomic E-state index is 13.2. The lowest BCUT2D eigenvalue weighted by Gasteiger charge is -2.66. The van der Waals surface area contributed by atoms with Crippen molar-refractivity contribution in [2.75, 3.05) is 26.8 Å². The van der Waals surface area contributed by atoms with Gasteiger partial charge in [0.25, 0.3) is 0 Å². The summed E-state index contributed by atoms with van der Waals surface area (Å²) in [7, 11) is 1.55. The number of carbonyl (C=O) groups excluding carboxylic acids is 2. The molecule has 4 fully saturated rings. The van der Waals surface area contributed by atoms with Crippen molar-refractivity contribution in [3.05, 3.63) is 47.0 Å². The first kappa shape index (κ1) is 22.1. The highest BCUT2D eigenvalue weighted by molar-refractivity contribution is 5.89. The SMILES string of the molecule is COC(=O)[C@@H]1CC23C4=C(CC[C@@H]5CN6C[C@@H](C)C(CC[C@]52COC(=O)c2ccccc2)[C@H]63)CC[C@@H]41. The highest BCUT2D eigenvalue weighted by atomic mass is 16.5. The smallest absolute Gasteiger partial charge is 0.338 e. The van der Waals surface area contributed by atoms with E-state index in [1.54, 1.807) is 18.3 Å². The Bertz CT molecular complexity index is 1100. The van der Waals surface area contributed by atoms with Gasteiger partial charge in [-0.3, -0.25) is 9.69 Å². The minimum atomic E-state index is -0.211. The summed E-state index contributed by atoms with van der Waals surface area (Å²) in [6, 6.07) is 9.89. The summed E-state index contributed by atoms with van der Waals surface area (Å²) in [5, 5.41) is 0. The van der Waals surface area contributed by atoms with E-state index in [9.17, 15) is 9.59 Å². The van der Waals surface area contributed by atoms with Crippen LogP contribution in [0.1, 0.15) is 62.2 Å². The zero-order chi connectivity index (χ0) is 23.9. The van der Waals surface area contributed by atoms with Gasteiger partial charge in [-0.2, -0.15) is 0 Å². The molecule has 2 heterocycles. The molecule has 1 spiro atoms. The number of piperidine rings is 1. The van der Waals surface area contributed by atoms with Crippen molar-refractivity contribution in [2.24, 2.45) is 40.4 Å². The van der Waals surface area contributed by atoms with E-state index in [1.807, 2.05) is 30.3 Å². The molecule has 2 saturated carbocycles. The second kappa shape index (κ2) is 7.68. The molecule has 0 aromatic heterocycles. The summed E-state index contributed by atoms with van der Waals surface area (Å²) >= 11 is 0. The number of hydrogen-bond acceptors (Lipinski definition) is 5. The second-order valence-corrected chi connectivity index (χ2v) is 12.4. The molecule has 186 valence electrons. The van der Waals surface area contributed by atoms with Crippen LogP contribution in [0.5, 0.6) is 0 Å². The Balaban J connectivity index is 1.37. The summed E-state index contributed by atoms with van der Waals surface area (Å²) in [4.78, 5) is 29.1. The Morgan fingerprint density at radius 3 is 2.69 bits per heavy atom. The van der Waals surface area contributed by atoms with Crippen molar-refractivity contribution in [2.45, 2.75) is 57.9 Å². The van der Waals surface area contributed by atoms with Crippen molar-refractivity contribution in [3.63, 3.8) is 0 Å². The molecule has 5 nitrogen and oxygen atoms in total. The predicted octanol–water partition coefficient (Wildman–Crippen LogP) is 4.87. The van der Waals surface area contributed by atoms with Crippen molar-refractivity contribution in [1.82, 2.24) is 4.90 Å². The van der Waals surface area contributed by atoms with E-state index in [0.29, 0.717) is 41.9 Å². The highest BCUT2D eigenvalue weighted by Crippen LogP contribution is 2.76. The lowest BCUT2D eigenvalue weighted by molar-refractivity contribution is -0.174. The molecule has 0 N–H and O–H groups in total. The average molecular weight is 476 g/mol. The van der Waals surface area contributed by atoms with Crippen LogP contribution in [0.3, 0.4) is 0 Å². The lowest BCUT2D eigenvalue weighted by atomic mass is 9.43. The van der Waals surface area contributed by atoms with Gasteiger partial charge < -0.3 is 9.47 Å². The van der Waals surface area contributed by atoms with Gasteiger partial charge in [-0.1, -0.05) is 36.3 Å². The van der Waals surface area contributed by atoms with Gasteiger partial charge >= 0.3 is 11.9 Å². The number of carbonyl (C=O) groups is 2. The van der Waals surface area contributed by atoms with Gasteiger partial charge in [-0.25, -0.2) is 4.79 Å². The Kier molecular flexibility index (Phi) is 4.85. The molecule has 6 aliphatic rings. The first-order chi connectivity index (χ1) is 17.0. The fourth-order valence-corrected chi connectivity index (χ4v) is 10.3. The number of allylic oxidation sites excluding steroid dienone is 1. The van der Waals surface area contributed by atoms with Gasteiger partial charge in [0.15, 0.2) is 0 Å². The molecule has 0 amide bonds. The molecule has 7 rings (SSSR count). The zero-order valence-corrected chi connectivity index (χ0v) is 21.0. The maximum atomic E-state index is 13.2. The summed E-state index contributed by atoms with van der Waals surface area (Å²) in [6.45, 7) is 5.20. The maximum Gasteiger partial charge on any atom is 0.338 e. The van der Waals surface area contributed by atoms with E-state index < -0.39 is 0 Å². The third-order valence-electron chi connectivity index (χ3n) is 11.4. The fraction of sp³-hybridized carbons (Fsp3) is 0.667. The van der Waals surface area contributed by atoms with Crippen LogP contribution >= 0.6 is 0 Å². The van der Waals surface area contributed by atoms with E-state index in [4.69, 9.17) is 9.47 Å². The molecule has 5 heteroatoms. The largest absolute Gasteiger partial charge is 0.469 e. The molecule has 2 saturated heterocycles. The summed E-state index contributed by atoms with van der Waals surface area (Å²) in [5.74, 6) is 1.87. The standard InChI is InChI=1S/C30H37NO4/c1-18-15-31-16-21-10-8-19-9-11-23-24(28(33)34-2)14-30(25(19)23)26(31)22(18)12-13-29(21,30)17-35-27(32)20-6-4-3-5-7-20/h3-7,18,21-24,26H,8-17H2,1-2H3/t18-,21-,22?,23-,24-,26+,29+,30?/m1/s1. The highest BCUT2D eigenvalue weighted by Gasteiger charge is 2.75. The summed E-state index contributed by atoms with van der Waals surface area (Å²) < 4.78 is 11.7. The number of ether oxygens (including phenoxy) is 2. The number of rotatable bonds is 4. The molecule has 35 heavy (non-hydrogen) atoms. The van der Waals surface area contributed by atoms with Crippen LogP contribution in [-0.4, -0.2) is 49.7 Å². The van der Waals surface area contributed by atoms with E-state index >= 15 is 0 Å². The van der Waals surface area contributed by atoms with Gasteiger partial charge in [0.1, 0.15) is 0 Å². The zero-order valence-electron chi connectivity index (χ0n) is 21.0. The minimum absolute atomic E-state index is 0.0294. The molecule has 1 aromatic rings. The van der Waals surface area contributed by atoms with Crippen LogP contribution in [-0.2, 0) is 14.3 Å². The predicted molar refractivity (Wildman–Crippen MR) is 131 cm³/mol. The van der Waals surface area contributed by atoms with Crippen LogP contribution in [0, 0.1) is 40.4 Å². The van der Waals surface area contributed by atoms with Gasteiger partial charge in [0.2, 0.25) is 0 Å². The molecule has 2 unspecified atom stereocenters. The van der Waals surface area contributed by atoms with E-state index in [2.05, 4.69) is 11.8 Å². The van der Waals surface area contributed by atoms with Crippen molar-refractivity contribution in [1.29, 1.82) is 0 Å². The van der Waals surface area contributed by atoms with Crippen LogP contribution < -0.4 is 0 Å². The molecular weight excluding hydrogens is 438 g/mol. The van der Waals surface area contributed by atoms with E-state index in [-0.39, 0.29) is 28.7 Å². The van der Waals surface area contributed by atoms with Crippen LogP contribution in [0.15, 0.2) is 41.5 Å². The summed E-state index contributed by atoms with van der Waals surface area (Å²) in [5.41, 5.74) is 3.75. The molecule has 0 radical (unpaired) electrons. The number of benzene rings is 1. The first-order valence-electron chi connectivity index (χ1n) is 13.8. The molecule has 8 atom stereocenters. The quantitative estimate of drug-likeness (QED) is 0.459. The van der Waals surface area contributed by atoms with Crippen LogP contribution in [0.25, 0.3) is 0 Å². The molecular formula is C30H37NO4. The van der Waals surface area contributed by atoms with Crippen molar-refractivity contribution < 1.29 is 19.1 Å². The Hall–Kier alpha value is -2.14. The third-order valence-corrected chi connectivity index (χ3v) is 11.4. The third kappa shape index (κ3) is 2.74. The first-order valence-corrected chi connectivity index (χ1v) is 13.8. The van der Waals surface area contributed by atoms with Crippen LogP contribution in [0.4, 0.5) is 0 Å². The van der Waals surface area contributed by atoms with Crippen molar-refractivity contribution >= 4 is 11.9 Å². The fourth-order valence-electron chi connectivity index (χ4n) is 10.3. The Morgan fingerprint density at radius 2 is 1.89 bits per heavy atom. The Morgan fingerprint density at radius 1 is 1.09 bits per heavy atom. The normalized spacial score (nSPS) is 43.0. The lowest BCUT2D eigenvalue weighted by Crippen LogP contribution is -2.68. The topological polar surface area (TPSA) is 55.8 Å². The van der Waals surface area contributed by atoms with E-state index in [0.717, 1.165) is 38.6 Å². The molecule has 4 bridgehead atoms. The summed E-state index contributed by atoms with van der Waals surface area (Å²) in [6.07, 6.45) is 7.75. The van der Waals surface area contributed by atoms with E-state index in [1.165, 1.54) is 19.4 Å². The minimum Gasteiger partial charge on any atom is -0.469 e. The van der Waals surface area contributed by atoms with Gasteiger partial charge in [0, 0.05) is 30.0 Å². The van der Waals surface area contributed by atoms with Gasteiger partial charge in [-0.05, 0) is 80.8 Å². The van der Waals surface area contributed by atoms with Gasteiger partial charge in [-0.15, -0.1) is 0 Å². The monoisotopic (exact) mass is 475 g/mol. The number of nitrogens with zero attached hydrogens (tertiary/aromatic N) is 1. The average Bonchev–Trinajstić information content (AvgIpc) is 3.53. The van der Waals surface area contributed by atoms with Gasteiger partial charge in [0.05, 0.1) is 25.2 Å². The van der Waals surface area contributed by atoms with Crippen molar-refractivity contribution in [3.8, 4) is 0 Å². The number of methoxy groups -OCH3 is 1. The molecule has 2 aliphatic heterocycles. The Labute approximate surface area is 208 Å².